The number of hydrogen-bond donors (Lipinski definition) is 1. The Balaban J connectivity index is 1.96. The van der Waals surface area contributed by atoms with Crippen LogP contribution in [-0.2, 0) is 9.53 Å². The van der Waals surface area contributed by atoms with Crippen molar-refractivity contribution < 1.29 is 9.53 Å². The Labute approximate surface area is 103 Å². The minimum absolute atomic E-state index is 0.165. The molecule has 4 nitrogen and oxygen atoms in total. The highest BCUT2D eigenvalue weighted by molar-refractivity contribution is 5.80. The number of rotatable bonds is 3. The highest BCUT2D eigenvalue weighted by Gasteiger charge is 2.39. The molecule has 0 aromatic rings. The number of carbonyl (C=O) groups excluding carboxylic acids is 1. The summed E-state index contributed by atoms with van der Waals surface area (Å²) in [7, 11) is 0. The monoisotopic (exact) mass is 240 g/mol. The molecule has 1 aliphatic carbocycles. The molecule has 1 aliphatic heterocycles. The second-order valence-corrected chi connectivity index (χ2v) is 6.36. The third-order valence-corrected chi connectivity index (χ3v) is 3.95. The van der Waals surface area contributed by atoms with Gasteiger partial charge in [0, 0.05) is 13.1 Å². The Morgan fingerprint density at radius 1 is 1.47 bits per heavy atom. The van der Waals surface area contributed by atoms with E-state index in [4.69, 9.17) is 10.5 Å². The normalized spacial score (nSPS) is 37.5. The van der Waals surface area contributed by atoms with Crippen molar-refractivity contribution in [3.05, 3.63) is 0 Å². The molecule has 0 radical (unpaired) electrons. The van der Waals surface area contributed by atoms with E-state index in [1.807, 2.05) is 0 Å². The highest BCUT2D eigenvalue weighted by Crippen LogP contribution is 2.35. The van der Waals surface area contributed by atoms with Gasteiger partial charge >= 0.3 is 0 Å². The molecule has 2 fully saturated rings. The maximum atomic E-state index is 11.4. The van der Waals surface area contributed by atoms with Crippen LogP contribution in [0.15, 0.2) is 0 Å². The summed E-state index contributed by atoms with van der Waals surface area (Å²) in [5.41, 5.74) is 5.28. The Kier molecular flexibility index (Phi) is 3.46. The molecule has 1 heterocycles. The van der Waals surface area contributed by atoms with E-state index in [9.17, 15) is 4.79 Å². The maximum absolute atomic E-state index is 11.4. The van der Waals surface area contributed by atoms with Crippen LogP contribution in [0.3, 0.4) is 0 Å². The third-order valence-electron chi connectivity index (χ3n) is 3.95. The fourth-order valence-electron chi connectivity index (χ4n) is 3.06. The van der Waals surface area contributed by atoms with Gasteiger partial charge in [0.05, 0.1) is 12.2 Å². The van der Waals surface area contributed by atoms with Crippen LogP contribution < -0.4 is 5.73 Å². The summed E-state index contributed by atoms with van der Waals surface area (Å²) in [4.78, 5) is 13.7. The SMILES string of the molecule is CC1CC(CN2CC(C)(C)OC[C@H]2C(N)=O)C1. The molecule has 98 valence electrons. The first-order chi connectivity index (χ1) is 7.87. The average Bonchev–Trinajstić information content (AvgIpc) is 2.13. The molecular formula is C13H24N2O2. The van der Waals surface area contributed by atoms with Gasteiger partial charge in [-0.25, -0.2) is 0 Å². The van der Waals surface area contributed by atoms with Crippen molar-refractivity contribution in [3.63, 3.8) is 0 Å². The molecule has 4 heteroatoms. The Morgan fingerprint density at radius 2 is 2.12 bits per heavy atom. The molecule has 0 unspecified atom stereocenters. The lowest BCUT2D eigenvalue weighted by Crippen LogP contribution is -2.59. The summed E-state index contributed by atoms with van der Waals surface area (Å²) < 4.78 is 5.68. The van der Waals surface area contributed by atoms with Gasteiger partial charge in [0.2, 0.25) is 5.91 Å². The van der Waals surface area contributed by atoms with Gasteiger partial charge in [0.25, 0.3) is 0 Å². The van der Waals surface area contributed by atoms with E-state index in [0.717, 1.165) is 24.9 Å². The summed E-state index contributed by atoms with van der Waals surface area (Å²) in [5, 5.41) is 0. The molecular weight excluding hydrogens is 216 g/mol. The minimum Gasteiger partial charge on any atom is -0.372 e. The fraction of sp³-hybridized carbons (Fsp3) is 0.923. The summed E-state index contributed by atoms with van der Waals surface area (Å²) in [6, 6.07) is -0.237. The zero-order chi connectivity index (χ0) is 12.6. The van der Waals surface area contributed by atoms with E-state index >= 15 is 0 Å². The van der Waals surface area contributed by atoms with Gasteiger partial charge in [0.1, 0.15) is 6.04 Å². The molecule has 1 atom stereocenters. The van der Waals surface area contributed by atoms with E-state index in [1.165, 1.54) is 12.8 Å². The van der Waals surface area contributed by atoms with Crippen LogP contribution in [-0.4, -0.2) is 42.1 Å². The lowest BCUT2D eigenvalue weighted by molar-refractivity contribution is -0.147. The second-order valence-electron chi connectivity index (χ2n) is 6.36. The second kappa shape index (κ2) is 4.58. The van der Waals surface area contributed by atoms with Gasteiger partial charge in [-0.15, -0.1) is 0 Å². The minimum atomic E-state index is -0.257. The quantitative estimate of drug-likeness (QED) is 0.800. The van der Waals surface area contributed by atoms with Crippen LogP contribution in [0.2, 0.25) is 0 Å². The first-order valence-corrected chi connectivity index (χ1v) is 6.55. The number of carbonyl (C=O) groups is 1. The van der Waals surface area contributed by atoms with E-state index < -0.39 is 0 Å². The van der Waals surface area contributed by atoms with Crippen molar-refractivity contribution in [3.8, 4) is 0 Å². The Bertz CT molecular complexity index is 298. The number of nitrogens with zero attached hydrogens (tertiary/aromatic N) is 1. The number of hydrogen-bond acceptors (Lipinski definition) is 3. The molecule has 0 aromatic carbocycles. The predicted molar refractivity (Wildman–Crippen MR) is 66.5 cm³/mol. The first kappa shape index (κ1) is 12.8. The van der Waals surface area contributed by atoms with Crippen molar-refractivity contribution in [1.29, 1.82) is 0 Å². The summed E-state index contributed by atoms with van der Waals surface area (Å²) >= 11 is 0. The molecule has 0 spiro atoms. The number of morpholine rings is 1. The van der Waals surface area contributed by atoms with Crippen LogP contribution in [0, 0.1) is 11.8 Å². The van der Waals surface area contributed by atoms with Crippen molar-refractivity contribution in [1.82, 2.24) is 4.90 Å². The van der Waals surface area contributed by atoms with Crippen LogP contribution in [0.1, 0.15) is 33.6 Å². The summed E-state index contributed by atoms with van der Waals surface area (Å²) in [6.07, 6.45) is 2.56. The molecule has 1 saturated heterocycles. The van der Waals surface area contributed by atoms with Gasteiger partial charge in [-0.3, -0.25) is 9.69 Å². The number of amides is 1. The Hall–Kier alpha value is -0.610. The maximum Gasteiger partial charge on any atom is 0.237 e. The number of nitrogens with two attached hydrogens (primary N) is 1. The fourth-order valence-corrected chi connectivity index (χ4v) is 3.06. The lowest BCUT2D eigenvalue weighted by Gasteiger charge is -2.45. The molecule has 2 aliphatic rings. The smallest absolute Gasteiger partial charge is 0.237 e. The zero-order valence-electron chi connectivity index (χ0n) is 11.1. The van der Waals surface area contributed by atoms with Gasteiger partial charge in [-0.05, 0) is 38.5 Å². The Morgan fingerprint density at radius 3 is 2.65 bits per heavy atom. The zero-order valence-corrected chi connectivity index (χ0v) is 11.1. The van der Waals surface area contributed by atoms with Crippen LogP contribution in [0.4, 0.5) is 0 Å². The molecule has 2 N–H and O–H groups in total. The van der Waals surface area contributed by atoms with E-state index in [0.29, 0.717) is 6.61 Å². The first-order valence-electron chi connectivity index (χ1n) is 6.55. The predicted octanol–water partition coefficient (Wildman–Crippen LogP) is 0.997. The molecule has 2 rings (SSSR count). The van der Waals surface area contributed by atoms with E-state index in [-0.39, 0.29) is 17.6 Å². The van der Waals surface area contributed by atoms with Gasteiger partial charge in [0.15, 0.2) is 0 Å². The summed E-state index contributed by atoms with van der Waals surface area (Å²) in [5.74, 6) is 1.33. The average molecular weight is 240 g/mol. The molecule has 0 aromatic heterocycles. The molecule has 1 saturated carbocycles. The van der Waals surface area contributed by atoms with Crippen molar-refractivity contribution in [2.75, 3.05) is 19.7 Å². The number of ether oxygens (including phenoxy) is 1. The van der Waals surface area contributed by atoms with Crippen molar-refractivity contribution >= 4 is 5.91 Å². The van der Waals surface area contributed by atoms with Crippen LogP contribution in [0.25, 0.3) is 0 Å². The van der Waals surface area contributed by atoms with Crippen molar-refractivity contribution in [2.45, 2.75) is 45.3 Å². The summed E-state index contributed by atoms with van der Waals surface area (Å²) in [6.45, 7) is 8.65. The van der Waals surface area contributed by atoms with E-state index in [1.54, 1.807) is 0 Å². The molecule has 1 amide bonds. The van der Waals surface area contributed by atoms with Gasteiger partial charge in [-0.1, -0.05) is 6.92 Å². The standard InChI is InChI=1S/C13H24N2O2/c1-9-4-10(5-9)6-15-8-13(2,3)17-7-11(15)12(14)16/h9-11H,4-8H2,1-3H3,(H2,14,16)/t9?,10?,11-/m0/s1. The largest absolute Gasteiger partial charge is 0.372 e. The lowest BCUT2D eigenvalue weighted by atomic mass is 9.75. The number of primary amides is 1. The van der Waals surface area contributed by atoms with Gasteiger partial charge < -0.3 is 10.5 Å². The topological polar surface area (TPSA) is 55.6 Å². The van der Waals surface area contributed by atoms with Gasteiger partial charge in [-0.2, -0.15) is 0 Å². The highest BCUT2D eigenvalue weighted by atomic mass is 16.5. The molecule has 17 heavy (non-hydrogen) atoms. The van der Waals surface area contributed by atoms with Crippen LogP contribution >= 0.6 is 0 Å². The third kappa shape index (κ3) is 2.99. The van der Waals surface area contributed by atoms with E-state index in [2.05, 4.69) is 25.7 Å². The molecule has 0 bridgehead atoms. The van der Waals surface area contributed by atoms with Crippen LogP contribution in [0.5, 0.6) is 0 Å². The van der Waals surface area contributed by atoms with Crippen molar-refractivity contribution in [2.24, 2.45) is 17.6 Å².